The number of hydrogen-bond donors (Lipinski definition) is 2. The highest BCUT2D eigenvalue weighted by atomic mass is 32.1. The summed E-state index contributed by atoms with van der Waals surface area (Å²) in [5.41, 5.74) is 9.09. The molecule has 2 heteroatoms. The highest BCUT2D eigenvalue weighted by Crippen LogP contribution is 2.36. The molecule has 2 N–H and O–H groups in total. The Bertz CT molecular complexity index is 719. The zero-order chi connectivity index (χ0) is 12.5. The summed E-state index contributed by atoms with van der Waals surface area (Å²) in [6, 6.07) is 20.3. The van der Waals surface area contributed by atoms with Crippen LogP contribution in [0.25, 0.3) is 21.9 Å². The summed E-state index contributed by atoms with van der Waals surface area (Å²) in [5.74, 6) is 0. The third-order valence-corrected chi connectivity index (χ3v) is 3.52. The molecule has 0 radical (unpaired) electrons. The Morgan fingerprint density at radius 2 is 1.50 bits per heavy atom. The lowest BCUT2D eigenvalue weighted by Gasteiger charge is -2.12. The molecule has 0 saturated carbocycles. The standard InChI is InChI=1S/C16H13NS/c17-14-10-9-11-5-1-2-6-12(11)16(14)13-7-3-4-8-15(13)18/h1-10,18H,17H2. The van der Waals surface area contributed by atoms with E-state index in [-0.39, 0.29) is 0 Å². The molecule has 0 aromatic heterocycles. The average Bonchev–Trinajstić information content (AvgIpc) is 2.40. The highest BCUT2D eigenvalue weighted by molar-refractivity contribution is 7.80. The first-order chi connectivity index (χ1) is 8.77. The Morgan fingerprint density at radius 1 is 0.778 bits per heavy atom. The summed E-state index contributed by atoms with van der Waals surface area (Å²) in [6.07, 6.45) is 0. The van der Waals surface area contributed by atoms with Crippen molar-refractivity contribution in [3.8, 4) is 11.1 Å². The second-order valence-corrected chi connectivity index (χ2v) is 4.75. The number of hydrogen-bond acceptors (Lipinski definition) is 2. The van der Waals surface area contributed by atoms with Crippen LogP contribution >= 0.6 is 12.6 Å². The summed E-state index contributed by atoms with van der Waals surface area (Å²) < 4.78 is 0. The van der Waals surface area contributed by atoms with Crippen molar-refractivity contribution in [3.63, 3.8) is 0 Å². The van der Waals surface area contributed by atoms with Crippen LogP contribution in [0, 0.1) is 0 Å². The molecule has 0 amide bonds. The van der Waals surface area contributed by atoms with E-state index in [2.05, 4.69) is 36.9 Å². The molecular formula is C16H13NS. The number of thiol groups is 1. The molecule has 0 atom stereocenters. The van der Waals surface area contributed by atoms with Gasteiger partial charge in [0.15, 0.2) is 0 Å². The van der Waals surface area contributed by atoms with E-state index in [9.17, 15) is 0 Å². The molecule has 0 fully saturated rings. The number of nitrogen functional groups attached to an aromatic ring is 1. The predicted octanol–water partition coefficient (Wildman–Crippen LogP) is 4.38. The van der Waals surface area contributed by atoms with Gasteiger partial charge in [-0.3, -0.25) is 0 Å². The molecule has 0 unspecified atom stereocenters. The minimum atomic E-state index is 0.787. The first-order valence-electron chi connectivity index (χ1n) is 5.83. The van der Waals surface area contributed by atoms with Gasteiger partial charge in [-0.25, -0.2) is 0 Å². The largest absolute Gasteiger partial charge is 0.398 e. The van der Waals surface area contributed by atoms with Crippen molar-refractivity contribution in [2.75, 3.05) is 5.73 Å². The molecule has 0 heterocycles. The average molecular weight is 251 g/mol. The van der Waals surface area contributed by atoms with Crippen molar-refractivity contribution in [3.05, 3.63) is 60.7 Å². The van der Waals surface area contributed by atoms with E-state index in [1.54, 1.807) is 0 Å². The van der Waals surface area contributed by atoms with Gasteiger partial charge in [-0.05, 0) is 28.5 Å². The molecule has 3 aromatic carbocycles. The second-order valence-electron chi connectivity index (χ2n) is 4.27. The quantitative estimate of drug-likeness (QED) is 0.487. The van der Waals surface area contributed by atoms with Gasteiger partial charge in [0.05, 0.1) is 0 Å². The van der Waals surface area contributed by atoms with Crippen LogP contribution in [-0.2, 0) is 0 Å². The molecule has 0 aliphatic heterocycles. The Balaban J connectivity index is 2.42. The van der Waals surface area contributed by atoms with Gasteiger partial charge in [0.1, 0.15) is 0 Å². The van der Waals surface area contributed by atoms with E-state index in [1.807, 2.05) is 36.4 Å². The summed E-state index contributed by atoms with van der Waals surface area (Å²) in [6.45, 7) is 0. The lowest BCUT2D eigenvalue weighted by molar-refractivity contribution is 1.47. The van der Waals surface area contributed by atoms with E-state index >= 15 is 0 Å². The van der Waals surface area contributed by atoms with Crippen LogP contribution in [0.1, 0.15) is 0 Å². The van der Waals surface area contributed by atoms with Crippen molar-refractivity contribution in [1.82, 2.24) is 0 Å². The Hall–Kier alpha value is -1.93. The fourth-order valence-corrected chi connectivity index (χ4v) is 2.55. The van der Waals surface area contributed by atoms with Crippen molar-refractivity contribution >= 4 is 29.1 Å². The zero-order valence-electron chi connectivity index (χ0n) is 9.80. The van der Waals surface area contributed by atoms with Gasteiger partial charge >= 0.3 is 0 Å². The van der Waals surface area contributed by atoms with Crippen LogP contribution in [-0.4, -0.2) is 0 Å². The number of anilines is 1. The number of rotatable bonds is 1. The molecule has 18 heavy (non-hydrogen) atoms. The number of benzene rings is 3. The Kier molecular flexibility index (Phi) is 2.73. The lowest BCUT2D eigenvalue weighted by atomic mass is 9.96. The minimum absolute atomic E-state index is 0.787. The number of fused-ring (bicyclic) bond motifs is 1. The first kappa shape index (κ1) is 11.2. The molecule has 3 aromatic rings. The van der Waals surface area contributed by atoms with E-state index in [1.165, 1.54) is 10.8 Å². The molecule has 3 rings (SSSR count). The highest BCUT2D eigenvalue weighted by Gasteiger charge is 2.09. The van der Waals surface area contributed by atoms with Crippen molar-refractivity contribution < 1.29 is 0 Å². The third-order valence-electron chi connectivity index (χ3n) is 3.13. The van der Waals surface area contributed by atoms with Crippen LogP contribution < -0.4 is 5.73 Å². The predicted molar refractivity (Wildman–Crippen MR) is 81.0 cm³/mol. The van der Waals surface area contributed by atoms with Gasteiger partial charge in [0, 0.05) is 16.1 Å². The monoisotopic (exact) mass is 251 g/mol. The lowest BCUT2D eigenvalue weighted by Crippen LogP contribution is -1.92. The maximum atomic E-state index is 6.15. The second kappa shape index (κ2) is 4.39. The van der Waals surface area contributed by atoms with E-state index in [4.69, 9.17) is 5.73 Å². The summed E-state index contributed by atoms with van der Waals surface area (Å²) in [7, 11) is 0. The Labute approximate surface area is 112 Å². The molecule has 0 spiro atoms. The topological polar surface area (TPSA) is 26.0 Å². The maximum absolute atomic E-state index is 6.15. The summed E-state index contributed by atoms with van der Waals surface area (Å²) >= 11 is 4.53. The molecule has 0 aliphatic rings. The van der Waals surface area contributed by atoms with E-state index < -0.39 is 0 Å². The number of nitrogens with two attached hydrogens (primary N) is 1. The fourth-order valence-electron chi connectivity index (χ4n) is 2.27. The minimum Gasteiger partial charge on any atom is -0.398 e. The van der Waals surface area contributed by atoms with Gasteiger partial charge in [0.25, 0.3) is 0 Å². The third kappa shape index (κ3) is 1.75. The molecule has 1 nitrogen and oxygen atoms in total. The fraction of sp³-hybridized carbons (Fsp3) is 0. The van der Waals surface area contributed by atoms with Crippen molar-refractivity contribution in [2.45, 2.75) is 4.90 Å². The van der Waals surface area contributed by atoms with Crippen LogP contribution in [0.4, 0.5) is 5.69 Å². The molecule has 0 bridgehead atoms. The first-order valence-corrected chi connectivity index (χ1v) is 6.27. The van der Waals surface area contributed by atoms with Gasteiger partial charge in [0.2, 0.25) is 0 Å². The van der Waals surface area contributed by atoms with E-state index in [0.717, 1.165) is 21.7 Å². The molecule has 88 valence electrons. The van der Waals surface area contributed by atoms with Crippen molar-refractivity contribution in [1.29, 1.82) is 0 Å². The van der Waals surface area contributed by atoms with Gasteiger partial charge < -0.3 is 5.73 Å². The van der Waals surface area contributed by atoms with Gasteiger partial charge in [-0.1, -0.05) is 48.5 Å². The van der Waals surface area contributed by atoms with Gasteiger partial charge in [-0.15, -0.1) is 12.6 Å². The Morgan fingerprint density at radius 3 is 2.33 bits per heavy atom. The van der Waals surface area contributed by atoms with Crippen LogP contribution in [0.3, 0.4) is 0 Å². The van der Waals surface area contributed by atoms with Crippen LogP contribution in [0.5, 0.6) is 0 Å². The molecule has 0 saturated heterocycles. The zero-order valence-corrected chi connectivity index (χ0v) is 10.7. The van der Waals surface area contributed by atoms with Crippen molar-refractivity contribution in [2.24, 2.45) is 0 Å². The van der Waals surface area contributed by atoms with Crippen LogP contribution in [0.2, 0.25) is 0 Å². The smallest absolute Gasteiger partial charge is 0.0400 e. The maximum Gasteiger partial charge on any atom is 0.0400 e. The summed E-state index contributed by atoms with van der Waals surface area (Å²) in [4.78, 5) is 0.945. The van der Waals surface area contributed by atoms with E-state index in [0.29, 0.717) is 0 Å². The van der Waals surface area contributed by atoms with Gasteiger partial charge in [-0.2, -0.15) is 0 Å². The SMILES string of the molecule is Nc1ccc2ccccc2c1-c1ccccc1S. The molecular weight excluding hydrogens is 238 g/mol. The normalized spacial score (nSPS) is 10.7. The van der Waals surface area contributed by atoms with Crippen LogP contribution in [0.15, 0.2) is 65.6 Å². The summed E-state index contributed by atoms with van der Waals surface area (Å²) in [5, 5.41) is 2.36. The molecule has 0 aliphatic carbocycles.